The predicted molar refractivity (Wildman–Crippen MR) is 54.3 cm³/mol. The number of hydrogen-bond donors (Lipinski definition) is 0. The van der Waals surface area contributed by atoms with E-state index in [-0.39, 0.29) is 5.97 Å². The quantitative estimate of drug-likeness (QED) is 0.616. The Morgan fingerprint density at radius 3 is 2.86 bits per heavy atom. The van der Waals surface area contributed by atoms with Gasteiger partial charge in [0.05, 0.1) is 6.42 Å². The first kappa shape index (κ1) is 9.53. The highest BCUT2D eigenvalue weighted by Gasteiger charge is 2.34. The van der Waals surface area contributed by atoms with Crippen LogP contribution in [0, 0.1) is 0 Å². The largest absolute Gasteiger partial charge is 0.454 e. The van der Waals surface area contributed by atoms with E-state index in [9.17, 15) is 4.79 Å². The van der Waals surface area contributed by atoms with Gasteiger partial charge in [0.1, 0.15) is 5.60 Å². The first-order valence-electron chi connectivity index (χ1n) is 4.50. The molecule has 0 fully saturated rings. The van der Waals surface area contributed by atoms with Crippen molar-refractivity contribution in [1.82, 2.24) is 0 Å². The molecule has 0 spiro atoms. The maximum atomic E-state index is 11.3. The number of benzene rings is 1. The topological polar surface area (TPSA) is 26.3 Å². The van der Waals surface area contributed by atoms with Crippen LogP contribution in [0.25, 0.3) is 0 Å². The highest BCUT2D eigenvalue weighted by atomic mass is 35.5. The summed E-state index contributed by atoms with van der Waals surface area (Å²) in [5.41, 5.74) is 1.29. The lowest BCUT2D eigenvalue weighted by molar-refractivity contribution is -0.158. The van der Waals surface area contributed by atoms with E-state index in [1.54, 1.807) is 0 Å². The molecule has 2 rings (SSSR count). The van der Waals surface area contributed by atoms with Gasteiger partial charge in [0.25, 0.3) is 0 Å². The number of rotatable bonds is 0. The Morgan fingerprint density at radius 2 is 2.14 bits per heavy atom. The van der Waals surface area contributed by atoms with Gasteiger partial charge in [-0.05, 0) is 25.5 Å². The van der Waals surface area contributed by atoms with Gasteiger partial charge < -0.3 is 4.74 Å². The zero-order valence-electron chi connectivity index (χ0n) is 8.13. The van der Waals surface area contributed by atoms with Gasteiger partial charge in [-0.1, -0.05) is 23.7 Å². The number of cyclic esters (lactones) is 1. The van der Waals surface area contributed by atoms with Crippen molar-refractivity contribution in [3.63, 3.8) is 0 Å². The number of esters is 1. The van der Waals surface area contributed by atoms with Gasteiger partial charge in [-0.15, -0.1) is 0 Å². The lowest BCUT2D eigenvalue weighted by Gasteiger charge is -2.32. The van der Waals surface area contributed by atoms with Crippen molar-refractivity contribution in [1.29, 1.82) is 0 Å². The van der Waals surface area contributed by atoms with E-state index in [2.05, 4.69) is 0 Å². The average molecular weight is 211 g/mol. The van der Waals surface area contributed by atoms with Gasteiger partial charge in [0.15, 0.2) is 0 Å². The Labute approximate surface area is 87.8 Å². The minimum Gasteiger partial charge on any atom is -0.454 e. The number of ether oxygens (including phenoxy) is 1. The Kier molecular flexibility index (Phi) is 2.04. The molecule has 0 atom stereocenters. The van der Waals surface area contributed by atoms with Gasteiger partial charge in [-0.25, -0.2) is 0 Å². The molecule has 0 aromatic heterocycles. The first-order valence-corrected chi connectivity index (χ1v) is 4.88. The normalized spacial score (nSPS) is 18.6. The fourth-order valence-corrected chi connectivity index (χ4v) is 2.34. The molecule has 1 aromatic rings. The van der Waals surface area contributed by atoms with Crippen LogP contribution in [0.15, 0.2) is 18.2 Å². The molecule has 1 aromatic carbocycles. The molecular formula is C11H11ClO2. The predicted octanol–water partition coefficient (Wildman–Crippen LogP) is 2.67. The van der Waals surface area contributed by atoms with E-state index in [1.165, 1.54) is 0 Å². The third-order valence-corrected chi connectivity index (χ3v) is 2.72. The third-order valence-electron chi connectivity index (χ3n) is 2.41. The molecule has 0 aliphatic carbocycles. The van der Waals surface area contributed by atoms with E-state index in [0.29, 0.717) is 11.4 Å². The monoisotopic (exact) mass is 210 g/mol. The standard InChI is InChI=1S/C11H11ClO2/c1-11(2)10-7(6-9(13)14-11)4-3-5-8(10)12/h3-5H,6H2,1-2H3. The summed E-state index contributed by atoms with van der Waals surface area (Å²) < 4.78 is 5.26. The SMILES string of the molecule is CC1(C)OC(=O)Cc2cccc(Cl)c21. The van der Waals surface area contributed by atoms with Crippen molar-refractivity contribution < 1.29 is 9.53 Å². The average Bonchev–Trinajstić information content (AvgIpc) is 2.00. The van der Waals surface area contributed by atoms with Crippen molar-refractivity contribution in [2.75, 3.05) is 0 Å². The van der Waals surface area contributed by atoms with E-state index in [0.717, 1.165) is 11.1 Å². The molecule has 2 nitrogen and oxygen atoms in total. The van der Waals surface area contributed by atoms with Gasteiger partial charge in [0.2, 0.25) is 0 Å². The van der Waals surface area contributed by atoms with Crippen LogP contribution < -0.4 is 0 Å². The molecule has 1 heterocycles. The lowest BCUT2D eigenvalue weighted by Crippen LogP contribution is -2.33. The van der Waals surface area contributed by atoms with E-state index < -0.39 is 5.60 Å². The van der Waals surface area contributed by atoms with Crippen LogP contribution in [0.3, 0.4) is 0 Å². The first-order chi connectivity index (χ1) is 6.50. The number of carbonyl (C=O) groups is 1. The van der Waals surface area contributed by atoms with E-state index >= 15 is 0 Å². The second-order valence-corrected chi connectivity index (χ2v) is 4.34. The van der Waals surface area contributed by atoms with Crippen molar-refractivity contribution >= 4 is 17.6 Å². The van der Waals surface area contributed by atoms with Gasteiger partial charge >= 0.3 is 5.97 Å². The fraction of sp³-hybridized carbons (Fsp3) is 0.364. The molecule has 0 unspecified atom stereocenters. The maximum absolute atomic E-state index is 11.3. The maximum Gasteiger partial charge on any atom is 0.311 e. The van der Waals surface area contributed by atoms with Crippen molar-refractivity contribution in [3.05, 3.63) is 34.3 Å². The summed E-state index contributed by atoms with van der Waals surface area (Å²) in [7, 11) is 0. The van der Waals surface area contributed by atoms with E-state index in [1.807, 2.05) is 32.0 Å². The molecule has 74 valence electrons. The molecule has 1 aliphatic rings. The summed E-state index contributed by atoms with van der Waals surface area (Å²) in [6, 6.07) is 5.60. The van der Waals surface area contributed by atoms with Crippen molar-refractivity contribution in [2.24, 2.45) is 0 Å². The second kappa shape index (κ2) is 2.99. The Bertz CT molecular complexity index is 396. The van der Waals surface area contributed by atoms with Crippen LogP contribution >= 0.6 is 11.6 Å². The molecule has 0 saturated carbocycles. The molecule has 0 saturated heterocycles. The lowest BCUT2D eigenvalue weighted by atomic mass is 9.89. The zero-order valence-corrected chi connectivity index (χ0v) is 8.89. The molecule has 3 heteroatoms. The number of carbonyl (C=O) groups excluding carboxylic acids is 1. The fourth-order valence-electron chi connectivity index (χ4n) is 1.92. The molecule has 0 radical (unpaired) electrons. The summed E-state index contributed by atoms with van der Waals surface area (Å²) in [6.07, 6.45) is 0.319. The summed E-state index contributed by atoms with van der Waals surface area (Å²) in [6.45, 7) is 3.71. The van der Waals surface area contributed by atoms with Crippen LogP contribution in [0.1, 0.15) is 25.0 Å². The molecule has 0 bridgehead atoms. The number of hydrogen-bond acceptors (Lipinski definition) is 2. The molecule has 0 amide bonds. The van der Waals surface area contributed by atoms with Gasteiger partial charge in [-0.3, -0.25) is 4.79 Å². The summed E-state index contributed by atoms with van der Waals surface area (Å²) >= 11 is 6.08. The van der Waals surface area contributed by atoms with Crippen LogP contribution in [0.5, 0.6) is 0 Å². The highest BCUT2D eigenvalue weighted by molar-refractivity contribution is 6.31. The van der Waals surface area contributed by atoms with Crippen LogP contribution in [0.4, 0.5) is 0 Å². The smallest absolute Gasteiger partial charge is 0.311 e. The van der Waals surface area contributed by atoms with Gasteiger partial charge in [0, 0.05) is 10.6 Å². The van der Waals surface area contributed by atoms with Crippen LogP contribution in [-0.4, -0.2) is 5.97 Å². The Morgan fingerprint density at radius 1 is 1.43 bits per heavy atom. The summed E-state index contributed by atoms with van der Waals surface area (Å²) in [4.78, 5) is 11.3. The minimum absolute atomic E-state index is 0.190. The molecule has 0 N–H and O–H groups in total. The Hall–Kier alpha value is -1.02. The molecule has 14 heavy (non-hydrogen) atoms. The van der Waals surface area contributed by atoms with Crippen LogP contribution in [0.2, 0.25) is 5.02 Å². The Balaban J connectivity index is 2.64. The van der Waals surface area contributed by atoms with Gasteiger partial charge in [-0.2, -0.15) is 0 Å². The summed E-state index contributed by atoms with van der Waals surface area (Å²) in [5.74, 6) is -0.190. The molecule has 1 aliphatic heterocycles. The number of fused-ring (bicyclic) bond motifs is 1. The van der Waals surface area contributed by atoms with E-state index in [4.69, 9.17) is 16.3 Å². The molecular weight excluding hydrogens is 200 g/mol. The third kappa shape index (κ3) is 1.40. The van der Waals surface area contributed by atoms with Crippen molar-refractivity contribution in [2.45, 2.75) is 25.9 Å². The number of halogens is 1. The van der Waals surface area contributed by atoms with Crippen LogP contribution in [-0.2, 0) is 21.6 Å². The highest BCUT2D eigenvalue weighted by Crippen LogP contribution is 2.37. The minimum atomic E-state index is -0.608. The second-order valence-electron chi connectivity index (χ2n) is 3.94. The zero-order chi connectivity index (χ0) is 10.3. The van der Waals surface area contributed by atoms with Crippen molar-refractivity contribution in [3.8, 4) is 0 Å². The summed E-state index contributed by atoms with van der Waals surface area (Å²) in [5, 5.41) is 0.667.